The van der Waals surface area contributed by atoms with Crippen LogP contribution >= 0.6 is 23.2 Å². The second-order valence-corrected chi connectivity index (χ2v) is 6.93. The number of carbonyl (C=O) groups excluding carboxylic acids is 1. The van der Waals surface area contributed by atoms with E-state index in [0.717, 1.165) is 11.3 Å². The van der Waals surface area contributed by atoms with Crippen molar-refractivity contribution in [3.63, 3.8) is 0 Å². The van der Waals surface area contributed by atoms with E-state index in [2.05, 4.69) is 5.32 Å². The first kappa shape index (κ1) is 16.2. The lowest BCUT2D eigenvalue weighted by atomic mass is 10.1. The second-order valence-electron chi connectivity index (χ2n) is 5.49. The molecule has 2 aromatic carbocycles. The van der Waals surface area contributed by atoms with Gasteiger partial charge in [0.25, 0.3) is 0 Å². The summed E-state index contributed by atoms with van der Waals surface area (Å²) >= 11 is 12.6. The van der Waals surface area contributed by atoms with Crippen LogP contribution in [-0.4, -0.2) is 16.8 Å². The second kappa shape index (κ2) is 6.42. The first-order valence-corrected chi connectivity index (χ1v) is 8.26. The summed E-state index contributed by atoms with van der Waals surface area (Å²) in [5, 5.41) is 2.87. The predicted octanol–water partition coefficient (Wildman–Crippen LogP) is 4.61. The predicted molar refractivity (Wildman–Crippen MR) is 93.4 cm³/mol. The lowest BCUT2D eigenvalue weighted by molar-refractivity contribution is -0.117. The summed E-state index contributed by atoms with van der Waals surface area (Å²) in [7, 11) is 0. The van der Waals surface area contributed by atoms with E-state index in [0.29, 0.717) is 12.3 Å². The van der Waals surface area contributed by atoms with Crippen molar-refractivity contribution < 1.29 is 9.53 Å². The zero-order chi connectivity index (χ0) is 16.4. The number of hydrogen-bond donors (Lipinski definition) is 1. The van der Waals surface area contributed by atoms with Gasteiger partial charge in [0.1, 0.15) is 10.1 Å². The Kier molecular flexibility index (Phi) is 4.51. The van der Waals surface area contributed by atoms with E-state index in [1.165, 1.54) is 0 Å². The van der Waals surface area contributed by atoms with Crippen LogP contribution in [0.25, 0.3) is 0 Å². The van der Waals surface area contributed by atoms with Crippen LogP contribution in [0.2, 0.25) is 0 Å². The Morgan fingerprint density at radius 1 is 1.13 bits per heavy atom. The first-order valence-electron chi connectivity index (χ1n) is 7.50. The van der Waals surface area contributed by atoms with Crippen molar-refractivity contribution in [2.75, 3.05) is 11.9 Å². The van der Waals surface area contributed by atoms with E-state index in [1.54, 1.807) is 12.1 Å². The van der Waals surface area contributed by atoms with E-state index in [4.69, 9.17) is 27.9 Å². The third-order valence-electron chi connectivity index (χ3n) is 3.93. The molecule has 5 heteroatoms. The zero-order valence-electron chi connectivity index (χ0n) is 12.6. The molecule has 3 nitrogen and oxygen atoms in total. The van der Waals surface area contributed by atoms with Crippen molar-refractivity contribution in [1.29, 1.82) is 0 Å². The number of benzene rings is 2. The normalized spacial score (nSPS) is 21.5. The maximum absolute atomic E-state index is 12.5. The van der Waals surface area contributed by atoms with Gasteiger partial charge in [0.15, 0.2) is 0 Å². The van der Waals surface area contributed by atoms with Crippen molar-refractivity contribution in [2.24, 2.45) is 5.92 Å². The molecule has 1 N–H and O–H groups in total. The Labute approximate surface area is 145 Å². The Morgan fingerprint density at radius 2 is 1.78 bits per heavy atom. The Bertz CT molecular complexity index is 686. The minimum Gasteiger partial charge on any atom is -0.494 e. The molecule has 0 radical (unpaired) electrons. The van der Waals surface area contributed by atoms with E-state index in [1.807, 2.05) is 49.4 Å². The molecule has 2 aromatic rings. The summed E-state index contributed by atoms with van der Waals surface area (Å²) in [6.07, 6.45) is 0. The Hall–Kier alpha value is -1.71. The number of carbonyl (C=O) groups is 1. The Morgan fingerprint density at radius 3 is 2.39 bits per heavy atom. The van der Waals surface area contributed by atoms with Crippen LogP contribution in [0.15, 0.2) is 54.6 Å². The molecule has 0 aliphatic heterocycles. The highest BCUT2D eigenvalue weighted by molar-refractivity contribution is 6.53. The summed E-state index contributed by atoms with van der Waals surface area (Å²) < 4.78 is 4.32. The number of alkyl halides is 2. The van der Waals surface area contributed by atoms with Crippen LogP contribution in [0.5, 0.6) is 5.75 Å². The van der Waals surface area contributed by atoms with Gasteiger partial charge in [0, 0.05) is 11.6 Å². The summed E-state index contributed by atoms with van der Waals surface area (Å²) in [6.45, 7) is 2.53. The van der Waals surface area contributed by atoms with Crippen LogP contribution in [0.4, 0.5) is 5.69 Å². The average Bonchev–Trinajstić information content (AvgIpc) is 3.13. The maximum Gasteiger partial charge on any atom is 0.231 e. The quantitative estimate of drug-likeness (QED) is 0.800. The van der Waals surface area contributed by atoms with Gasteiger partial charge in [-0.05, 0) is 36.8 Å². The lowest BCUT2D eigenvalue weighted by Gasteiger charge is -2.07. The van der Waals surface area contributed by atoms with Crippen molar-refractivity contribution in [3.05, 3.63) is 60.2 Å². The average molecular weight is 350 g/mol. The molecule has 0 aromatic heterocycles. The molecule has 1 saturated carbocycles. The van der Waals surface area contributed by atoms with E-state index < -0.39 is 10.3 Å². The van der Waals surface area contributed by atoms with Crippen LogP contribution in [0, 0.1) is 5.92 Å². The standard InChI is InChI=1S/C18H17Cl2NO2/c1-2-23-14-10-8-13(9-11-14)21-17(22)16-15(18(16,19)20)12-6-4-3-5-7-12/h3-11,15-16H,2H2,1H3,(H,21,22)/t15-,16+/m1/s1. The minimum atomic E-state index is -1.06. The Balaban J connectivity index is 1.69. The van der Waals surface area contributed by atoms with Gasteiger partial charge in [0.2, 0.25) is 5.91 Å². The molecule has 0 bridgehead atoms. The number of anilines is 1. The number of rotatable bonds is 5. The van der Waals surface area contributed by atoms with Crippen LogP contribution in [0.3, 0.4) is 0 Å². The van der Waals surface area contributed by atoms with Crippen molar-refractivity contribution in [3.8, 4) is 5.75 Å². The fraction of sp³-hybridized carbons (Fsp3) is 0.278. The summed E-state index contributed by atoms with van der Waals surface area (Å²) in [6, 6.07) is 16.9. The summed E-state index contributed by atoms with van der Waals surface area (Å²) in [4.78, 5) is 12.5. The fourth-order valence-electron chi connectivity index (χ4n) is 2.75. The van der Waals surface area contributed by atoms with E-state index >= 15 is 0 Å². The highest BCUT2D eigenvalue weighted by Crippen LogP contribution is 2.65. The van der Waals surface area contributed by atoms with Crippen molar-refractivity contribution >= 4 is 34.8 Å². The minimum absolute atomic E-state index is 0.173. The molecule has 0 heterocycles. The molecule has 1 aliphatic carbocycles. The van der Waals surface area contributed by atoms with E-state index in [9.17, 15) is 4.79 Å². The van der Waals surface area contributed by atoms with Gasteiger partial charge < -0.3 is 10.1 Å². The highest BCUT2D eigenvalue weighted by atomic mass is 35.5. The summed E-state index contributed by atoms with van der Waals surface area (Å²) in [5.74, 6) is -0.0503. The smallest absolute Gasteiger partial charge is 0.231 e. The molecule has 1 aliphatic rings. The number of hydrogen-bond acceptors (Lipinski definition) is 2. The topological polar surface area (TPSA) is 38.3 Å². The SMILES string of the molecule is CCOc1ccc(NC(=O)[C@@H]2[C@@H](c3ccccc3)C2(Cl)Cl)cc1. The van der Waals surface area contributed by atoms with Gasteiger partial charge in [-0.2, -0.15) is 0 Å². The van der Waals surface area contributed by atoms with Gasteiger partial charge in [-0.25, -0.2) is 0 Å². The molecule has 3 rings (SSSR count). The molecule has 23 heavy (non-hydrogen) atoms. The number of ether oxygens (including phenoxy) is 1. The van der Waals surface area contributed by atoms with Gasteiger partial charge in [-0.1, -0.05) is 30.3 Å². The number of amides is 1. The molecule has 0 unspecified atom stereocenters. The van der Waals surface area contributed by atoms with Crippen molar-refractivity contribution in [1.82, 2.24) is 0 Å². The molecule has 1 amide bonds. The molecular formula is C18H17Cl2NO2. The highest BCUT2D eigenvalue weighted by Gasteiger charge is 2.67. The lowest BCUT2D eigenvalue weighted by Crippen LogP contribution is -2.17. The van der Waals surface area contributed by atoms with Crippen LogP contribution < -0.4 is 10.1 Å². The largest absolute Gasteiger partial charge is 0.494 e. The maximum atomic E-state index is 12.5. The summed E-state index contributed by atoms with van der Waals surface area (Å²) in [5.41, 5.74) is 1.67. The van der Waals surface area contributed by atoms with Gasteiger partial charge in [0.05, 0.1) is 12.5 Å². The molecule has 0 spiro atoms. The number of nitrogens with one attached hydrogen (secondary N) is 1. The van der Waals surface area contributed by atoms with Gasteiger partial charge in [-0.3, -0.25) is 4.79 Å². The van der Waals surface area contributed by atoms with Gasteiger partial charge in [-0.15, -0.1) is 23.2 Å². The molecular weight excluding hydrogens is 333 g/mol. The third-order valence-corrected chi connectivity index (χ3v) is 4.87. The zero-order valence-corrected chi connectivity index (χ0v) is 14.1. The first-order chi connectivity index (χ1) is 11.0. The van der Waals surface area contributed by atoms with Crippen LogP contribution in [0.1, 0.15) is 18.4 Å². The molecule has 1 fully saturated rings. The van der Waals surface area contributed by atoms with Crippen molar-refractivity contribution in [2.45, 2.75) is 17.2 Å². The number of halogens is 2. The van der Waals surface area contributed by atoms with Crippen LogP contribution in [-0.2, 0) is 4.79 Å². The van der Waals surface area contributed by atoms with Gasteiger partial charge >= 0.3 is 0 Å². The third kappa shape index (κ3) is 3.31. The fourth-order valence-corrected chi connectivity index (χ4v) is 3.58. The molecule has 0 saturated heterocycles. The molecule has 120 valence electrons. The van der Waals surface area contributed by atoms with E-state index in [-0.39, 0.29) is 11.8 Å². The monoisotopic (exact) mass is 349 g/mol. The molecule has 2 atom stereocenters.